The Morgan fingerprint density at radius 3 is 2.91 bits per heavy atom. The zero-order chi connectivity index (χ0) is 16.4. The molecule has 0 saturated carbocycles. The summed E-state index contributed by atoms with van der Waals surface area (Å²) >= 11 is 0. The highest BCUT2D eigenvalue weighted by Crippen LogP contribution is 2.21. The number of piperidine rings is 1. The van der Waals surface area contributed by atoms with Crippen molar-refractivity contribution >= 4 is 22.9 Å². The second kappa shape index (κ2) is 6.40. The third-order valence-corrected chi connectivity index (χ3v) is 4.28. The van der Waals surface area contributed by atoms with Gasteiger partial charge in [0.15, 0.2) is 5.58 Å². The van der Waals surface area contributed by atoms with Gasteiger partial charge in [-0.15, -0.1) is 0 Å². The highest BCUT2D eigenvalue weighted by molar-refractivity contribution is 5.81. The molecule has 0 unspecified atom stereocenters. The molecule has 3 rings (SSSR count). The SMILES string of the molecule is CC(=O)N1CCC[C@@H](C(=O)N[C@@H](C)c2nc3ccccc3o2)C1. The van der Waals surface area contributed by atoms with Crippen LogP contribution in [0.2, 0.25) is 0 Å². The number of carbonyl (C=O) groups excluding carboxylic acids is 2. The summed E-state index contributed by atoms with van der Waals surface area (Å²) in [5, 5.41) is 2.95. The number of likely N-dealkylation sites (tertiary alicyclic amines) is 1. The Kier molecular flexibility index (Phi) is 4.32. The molecule has 1 aromatic carbocycles. The van der Waals surface area contributed by atoms with E-state index in [1.165, 1.54) is 0 Å². The first-order chi connectivity index (χ1) is 11.0. The first kappa shape index (κ1) is 15.5. The molecule has 0 radical (unpaired) electrons. The van der Waals surface area contributed by atoms with Crippen molar-refractivity contribution in [3.05, 3.63) is 30.2 Å². The second-order valence-electron chi connectivity index (χ2n) is 6.05. The summed E-state index contributed by atoms with van der Waals surface area (Å²) in [6.07, 6.45) is 1.66. The van der Waals surface area contributed by atoms with Crippen LogP contribution in [0.15, 0.2) is 28.7 Å². The minimum atomic E-state index is -0.303. The van der Waals surface area contributed by atoms with Crippen molar-refractivity contribution in [2.45, 2.75) is 32.7 Å². The van der Waals surface area contributed by atoms with Crippen molar-refractivity contribution in [3.8, 4) is 0 Å². The third kappa shape index (κ3) is 3.36. The summed E-state index contributed by atoms with van der Waals surface area (Å²) in [7, 11) is 0. The van der Waals surface area contributed by atoms with Gasteiger partial charge < -0.3 is 14.6 Å². The van der Waals surface area contributed by atoms with Crippen molar-refractivity contribution in [1.29, 1.82) is 0 Å². The molecule has 1 fully saturated rings. The number of fused-ring (bicyclic) bond motifs is 1. The lowest BCUT2D eigenvalue weighted by molar-refractivity contribution is -0.134. The van der Waals surface area contributed by atoms with Crippen LogP contribution >= 0.6 is 0 Å². The maximum Gasteiger partial charge on any atom is 0.225 e. The van der Waals surface area contributed by atoms with Crippen LogP contribution in [0.25, 0.3) is 11.1 Å². The molecule has 1 N–H and O–H groups in total. The summed E-state index contributed by atoms with van der Waals surface area (Å²) < 4.78 is 5.69. The summed E-state index contributed by atoms with van der Waals surface area (Å²) in [6, 6.07) is 7.21. The zero-order valence-electron chi connectivity index (χ0n) is 13.4. The Bertz CT molecular complexity index is 692. The normalized spacial score (nSPS) is 19.6. The third-order valence-electron chi connectivity index (χ3n) is 4.28. The molecule has 2 heterocycles. The first-order valence-electron chi connectivity index (χ1n) is 7.96. The monoisotopic (exact) mass is 315 g/mol. The Balaban J connectivity index is 1.65. The predicted molar refractivity (Wildman–Crippen MR) is 85.5 cm³/mol. The maximum atomic E-state index is 12.4. The average molecular weight is 315 g/mol. The van der Waals surface area contributed by atoms with Gasteiger partial charge in [-0.05, 0) is 31.9 Å². The van der Waals surface area contributed by atoms with Gasteiger partial charge in [-0.1, -0.05) is 12.1 Å². The first-order valence-corrected chi connectivity index (χ1v) is 7.96. The standard InChI is InChI=1S/C17H21N3O3/c1-11(17-19-14-7-3-4-8-15(14)23-17)18-16(22)13-6-5-9-20(10-13)12(2)21/h3-4,7-8,11,13H,5-6,9-10H2,1-2H3,(H,18,22)/t11-,13+/m0/s1. The van der Waals surface area contributed by atoms with Gasteiger partial charge in [-0.3, -0.25) is 9.59 Å². The number of hydrogen-bond donors (Lipinski definition) is 1. The molecule has 0 aliphatic carbocycles. The van der Waals surface area contributed by atoms with Crippen molar-refractivity contribution in [2.75, 3.05) is 13.1 Å². The minimum Gasteiger partial charge on any atom is -0.438 e. The van der Waals surface area contributed by atoms with Crippen molar-refractivity contribution in [1.82, 2.24) is 15.2 Å². The highest BCUT2D eigenvalue weighted by Gasteiger charge is 2.28. The summed E-state index contributed by atoms with van der Waals surface area (Å²) in [5.41, 5.74) is 1.49. The zero-order valence-corrected chi connectivity index (χ0v) is 13.4. The van der Waals surface area contributed by atoms with Crippen molar-refractivity contribution < 1.29 is 14.0 Å². The fourth-order valence-electron chi connectivity index (χ4n) is 2.95. The number of para-hydroxylation sites is 2. The van der Waals surface area contributed by atoms with E-state index >= 15 is 0 Å². The molecule has 1 aliphatic rings. The Labute approximate surface area is 134 Å². The van der Waals surface area contributed by atoms with Gasteiger partial charge in [-0.2, -0.15) is 0 Å². The summed E-state index contributed by atoms with van der Waals surface area (Å²) in [4.78, 5) is 30.1. The lowest BCUT2D eigenvalue weighted by Gasteiger charge is -2.31. The number of carbonyl (C=O) groups is 2. The second-order valence-corrected chi connectivity index (χ2v) is 6.05. The molecule has 2 aromatic rings. The summed E-state index contributed by atoms with van der Waals surface area (Å²) in [5.74, 6) is 0.304. The lowest BCUT2D eigenvalue weighted by atomic mass is 9.97. The number of nitrogens with zero attached hydrogens (tertiary/aromatic N) is 2. The number of hydrogen-bond acceptors (Lipinski definition) is 4. The van der Waals surface area contributed by atoms with Crippen LogP contribution in [-0.2, 0) is 9.59 Å². The number of amides is 2. The Morgan fingerprint density at radius 2 is 2.17 bits per heavy atom. The summed E-state index contributed by atoms with van der Waals surface area (Å²) in [6.45, 7) is 4.62. The van der Waals surface area contributed by atoms with E-state index in [0.717, 1.165) is 24.9 Å². The van der Waals surface area contributed by atoms with Gasteiger partial charge in [0.05, 0.1) is 5.92 Å². The van der Waals surface area contributed by atoms with E-state index in [1.807, 2.05) is 31.2 Å². The number of aromatic nitrogens is 1. The maximum absolute atomic E-state index is 12.4. The molecule has 1 aromatic heterocycles. The number of rotatable bonds is 3. The van der Waals surface area contributed by atoms with E-state index in [2.05, 4.69) is 10.3 Å². The molecule has 1 aliphatic heterocycles. The van der Waals surface area contributed by atoms with E-state index in [9.17, 15) is 9.59 Å². The van der Waals surface area contributed by atoms with Crippen LogP contribution in [0.5, 0.6) is 0 Å². The molecule has 2 amide bonds. The number of nitrogens with one attached hydrogen (secondary N) is 1. The van der Waals surface area contributed by atoms with Crippen molar-refractivity contribution in [3.63, 3.8) is 0 Å². The molecule has 6 heteroatoms. The molecule has 1 saturated heterocycles. The average Bonchev–Trinajstić information content (AvgIpc) is 2.99. The van der Waals surface area contributed by atoms with Crippen LogP contribution in [0.1, 0.15) is 38.6 Å². The number of oxazole rings is 1. The highest BCUT2D eigenvalue weighted by atomic mass is 16.3. The van der Waals surface area contributed by atoms with E-state index < -0.39 is 0 Å². The van der Waals surface area contributed by atoms with Gasteiger partial charge in [0.2, 0.25) is 17.7 Å². The molecule has 122 valence electrons. The largest absolute Gasteiger partial charge is 0.438 e. The fraction of sp³-hybridized carbons (Fsp3) is 0.471. The van der Waals surface area contributed by atoms with Crippen LogP contribution in [-0.4, -0.2) is 34.8 Å². The van der Waals surface area contributed by atoms with Gasteiger partial charge in [-0.25, -0.2) is 4.98 Å². The Hall–Kier alpha value is -2.37. The van der Waals surface area contributed by atoms with Crippen molar-refractivity contribution in [2.24, 2.45) is 5.92 Å². The molecule has 0 bridgehead atoms. The smallest absolute Gasteiger partial charge is 0.225 e. The molecule has 2 atom stereocenters. The van der Waals surface area contributed by atoms with Crippen LogP contribution in [0.4, 0.5) is 0 Å². The van der Waals surface area contributed by atoms with E-state index in [0.29, 0.717) is 18.0 Å². The van der Waals surface area contributed by atoms with E-state index in [4.69, 9.17) is 4.42 Å². The minimum absolute atomic E-state index is 0.0227. The Morgan fingerprint density at radius 1 is 1.39 bits per heavy atom. The van der Waals surface area contributed by atoms with Gasteiger partial charge >= 0.3 is 0 Å². The van der Waals surface area contributed by atoms with Gasteiger partial charge in [0.25, 0.3) is 0 Å². The predicted octanol–water partition coefficient (Wildman–Crippen LogP) is 2.26. The van der Waals surface area contributed by atoms with E-state index in [1.54, 1.807) is 11.8 Å². The molecule has 0 spiro atoms. The molecule has 6 nitrogen and oxygen atoms in total. The van der Waals surface area contributed by atoms with Crippen LogP contribution in [0, 0.1) is 5.92 Å². The van der Waals surface area contributed by atoms with Crippen LogP contribution < -0.4 is 5.32 Å². The molecule has 23 heavy (non-hydrogen) atoms. The lowest BCUT2D eigenvalue weighted by Crippen LogP contribution is -2.45. The van der Waals surface area contributed by atoms with Crippen LogP contribution in [0.3, 0.4) is 0 Å². The van der Waals surface area contributed by atoms with Gasteiger partial charge in [0.1, 0.15) is 11.6 Å². The van der Waals surface area contributed by atoms with Gasteiger partial charge in [0, 0.05) is 20.0 Å². The fourth-order valence-corrected chi connectivity index (χ4v) is 2.95. The topological polar surface area (TPSA) is 75.4 Å². The quantitative estimate of drug-likeness (QED) is 0.942. The van der Waals surface area contributed by atoms with E-state index in [-0.39, 0.29) is 23.8 Å². The molecular formula is C17H21N3O3. The molecular weight excluding hydrogens is 294 g/mol. The number of benzene rings is 1.